The van der Waals surface area contributed by atoms with Crippen LogP contribution in [0.3, 0.4) is 0 Å². The lowest BCUT2D eigenvalue weighted by Gasteiger charge is -2.04. The first-order valence-corrected chi connectivity index (χ1v) is 10.0. The van der Waals surface area contributed by atoms with Crippen molar-refractivity contribution in [3.05, 3.63) is 110 Å². The highest BCUT2D eigenvalue weighted by Crippen LogP contribution is 2.25. The molecule has 3 aromatic carbocycles. The Morgan fingerprint density at radius 1 is 0.613 bits per heavy atom. The summed E-state index contributed by atoms with van der Waals surface area (Å²) in [6, 6.07) is 18.2. The van der Waals surface area contributed by atoms with Crippen LogP contribution in [0.15, 0.2) is 60.7 Å². The zero-order chi connectivity index (χ0) is 22.0. The first-order chi connectivity index (χ1) is 15.0. The third kappa shape index (κ3) is 4.26. The van der Waals surface area contributed by atoms with Crippen molar-refractivity contribution in [3.8, 4) is 23.7 Å². The predicted molar refractivity (Wildman–Crippen MR) is 119 cm³/mol. The summed E-state index contributed by atoms with van der Waals surface area (Å²) in [5, 5.41) is 0.995. The van der Waals surface area contributed by atoms with Gasteiger partial charge in [0.25, 0.3) is 0 Å². The standard InChI is InChI=1S/C25H10F4IN/c26-21-19(25(30)24(29)23(28)22(21)27)14-11-16-6-2-1-5-15(16)9-12-18-13-10-17-7-3-4-8-20(17)31-18/h1-8,10,13H. The highest BCUT2D eigenvalue weighted by molar-refractivity contribution is 14.1. The van der Waals surface area contributed by atoms with Gasteiger partial charge in [0.2, 0.25) is 0 Å². The number of aromatic nitrogens is 1. The lowest BCUT2D eigenvalue weighted by Crippen LogP contribution is -2.03. The Labute approximate surface area is 189 Å². The molecule has 0 N–H and O–H groups in total. The summed E-state index contributed by atoms with van der Waals surface area (Å²) in [4.78, 5) is 4.49. The molecule has 6 heteroatoms. The van der Waals surface area contributed by atoms with E-state index in [0.717, 1.165) is 10.9 Å². The van der Waals surface area contributed by atoms with Gasteiger partial charge in [0, 0.05) is 16.5 Å². The average Bonchev–Trinajstić information content (AvgIpc) is 2.80. The second kappa shape index (κ2) is 8.79. The molecule has 1 aromatic heterocycles. The van der Waals surface area contributed by atoms with Crippen molar-refractivity contribution < 1.29 is 17.6 Å². The number of halogens is 5. The Morgan fingerprint density at radius 3 is 1.97 bits per heavy atom. The molecule has 0 bridgehead atoms. The van der Waals surface area contributed by atoms with Crippen LogP contribution in [0.25, 0.3) is 10.9 Å². The average molecular weight is 527 g/mol. The van der Waals surface area contributed by atoms with E-state index in [9.17, 15) is 17.6 Å². The van der Waals surface area contributed by atoms with Crippen LogP contribution in [-0.4, -0.2) is 4.98 Å². The number of benzene rings is 3. The van der Waals surface area contributed by atoms with Gasteiger partial charge in [-0.25, -0.2) is 22.5 Å². The van der Waals surface area contributed by atoms with Crippen LogP contribution < -0.4 is 0 Å². The van der Waals surface area contributed by atoms with Crippen molar-refractivity contribution in [2.24, 2.45) is 0 Å². The Hall–Kier alpha value is -3.36. The topological polar surface area (TPSA) is 12.9 Å². The minimum Gasteiger partial charge on any atom is -0.239 e. The molecule has 1 heterocycles. The van der Waals surface area contributed by atoms with Crippen LogP contribution in [0, 0.1) is 50.5 Å². The SMILES string of the molecule is Fc1c(F)c(F)c(C#Cc2ccccc2C#Cc2ccc3ccccc3n2)c(I)c1F. The number of para-hydroxylation sites is 1. The fourth-order valence-corrected chi connectivity index (χ4v) is 3.42. The molecule has 4 rings (SSSR count). The number of nitrogens with zero attached hydrogens (tertiary/aromatic N) is 1. The summed E-state index contributed by atoms with van der Waals surface area (Å²) in [7, 11) is 0. The van der Waals surface area contributed by atoms with Crippen LogP contribution >= 0.6 is 22.6 Å². The number of rotatable bonds is 0. The van der Waals surface area contributed by atoms with Crippen molar-refractivity contribution in [3.63, 3.8) is 0 Å². The summed E-state index contributed by atoms with van der Waals surface area (Å²) >= 11 is 1.39. The van der Waals surface area contributed by atoms with E-state index in [4.69, 9.17) is 0 Å². The van der Waals surface area contributed by atoms with E-state index in [1.165, 1.54) is 22.6 Å². The lowest BCUT2D eigenvalue weighted by atomic mass is 10.1. The van der Waals surface area contributed by atoms with Crippen molar-refractivity contribution in [1.82, 2.24) is 4.98 Å². The van der Waals surface area contributed by atoms with Gasteiger partial charge in [0.05, 0.1) is 14.7 Å². The van der Waals surface area contributed by atoms with E-state index < -0.39 is 32.4 Å². The molecule has 0 aliphatic rings. The largest absolute Gasteiger partial charge is 0.239 e. The second-order valence-corrected chi connectivity index (χ2v) is 7.46. The minimum absolute atomic E-state index is 0.426. The molecule has 0 saturated heterocycles. The minimum atomic E-state index is -1.89. The Kier molecular flexibility index (Phi) is 5.92. The zero-order valence-electron chi connectivity index (χ0n) is 15.6. The summed E-state index contributed by atoms with van der Waals surface area (Å²) in [6.07, 6.45) is 0. The van der Waals surface area contributed by atoms with Gasteiger partial charge in [-0.05, 0) is 52.8 Å². The van der Waals surface area contributed by atoms with E-state index in [1.807, 2.05) is 30.3 Å². The van der Waals surface area contributed by atoms with Gasteiger partial charge in [0.15, 0.2) is 23.3 Å². The van der Waals surface area contributed by atoms with Crippen LogP contribution in [-0.2, 0) is 0 Å². The Balaban J connectivity index is 1.73. The van der Waals surface area contributed by atoms with Crippen molar-refractivity contribution in [1.29, 1.82) is 0 Å². The van der Waals surface area contributed by atoms with E-state index >= 15 is 0 Å². The Morgan fingerprint density at radius 2 is 1.23 bits per heavy atom. The highest BCUT2D eigenvalue weighted by atomic mass is 127. The van der Waals surface area contributed by atoms with Gasteiger partial charge in [0.1, 0.15) is 5.69 Å². The molecule has 0 unspecified atom stereocenters. The molecule has 0 aliphatic carbocycles. The molecule has 0 radical (unpaired) electrons. The monoisotopic (exact) mass is 527 g/mol. The van der Waals surface area contributed by atoms with E-state index in [-0.39, 0.29) is 0 Å². The molecule has 4 aromatic rings. The van der Waals surface area contributed by atoms with Gasteiger partial charge in [-0.15, -0.1) is 0 Å². The van der Waals surface area contributed by atoms with E-state index in [2.05, 4.69) is 28.7 Å². The zero-order valence-corrected chi connectivity index (χ0v) is 17.8. The number of hydrogen-bond donors (Lipinski definition) is 0. The maximum atomic E-state index is 14.1. The number of fused-ring (bicyclic) bond motifs is 1. The third-order valence-electron chi connectivity index (χ3n) is 4.38. The smallest absolute Gasteiger partial charge is 0.198 e. The molecule has 0 atom stereocenters. The fourth-order valence-electron chi connectivity index (χ4n) is 2.81. The van der Waals surface area contributed by atoms with Crippen molar-refractivity contribution in [2.45, 2.75) is 0 Å². The molecule has 0 saturated carbocycles. The maximum absolute atomic E-state index is 14.1. The fraction of sp³-hybridized carbons (Fsp3) is 0. The van der Waals surface area contributed by atoms with Gasteiger partial charge in [-0.1, -0.05) is 54.2 Å². The maximum Gasteiger partial charge on any atom is 0.198 e. The van der Waals surface area contributed by atoms with Crippen molar-refractivity contribution >= 4 is 33.5 Å². The summed E-state index contributed by atoms with van der Waals surface area (Å²) in [5.41, 5.74) is 1.79. The van der Waals surface area contributed by atoms with Crippen LogP contribution in [0.5, 0.6) is 0 Å². The van der Waals surface area contributed by atoms with Gasteiger partial charge >= 0.3 is 0 Å². The molecule has 0 aliphatic heterocycles. The number of hydrogen-bond acceptors (Lipinski definition) is 1. The third-order valence-corrected chi connectivity index (χ3v) is 5.40. The highest BCUT2D eigenvalue weighted by Gasteiger charge is 2.22. The molecule has 0 amide bonds. The molecule has 0 spiro atoms. The molecular weight excluding hydrogens is 517 g/mol. The molecular formula is C25H10F4IN. The first kappa shape index (κ1) is 20.9. The van der Waals surface area contributed by atoms with Gasteiger partial charge in [-0.2, -0.15) is 0 Å². The molecule has 150 valence electrons. The first-order valence-electron chi connectivity index (χ1n) is 8.96. The van der Waals surface area contributed by atoms with Crippen molar-refractivity contribution in [2.75, 3.05) is 0 Å². The predicted octanol–water partition coefficient (Wildman–Crippen LogP) is 6.20. The molecule has 0 fully saturated rings. The lowest BCUT2D eigenvalue weighted by molar-refractivity contribution is 0.404. The van der Waals surface area contributed by atoms with Gasteiger partial charge in [-0.3, -0.25) is 0 Å². The summed E-state index contributed by atoms with van der Waals surface area (Å²) in [5.74, 6) is 4.27. The summed E-state index contributed by atoms with van der Waals surface area (Å²) < 4.78 is 54.3. The second-order valence-electron chi connectivity index (χ2n) is 6.38. The van der Waals surface area contributed by atoms with E-state index in [0.29, 0.717) is 16.8 Å². The normalized spacial score (nSPS) is 10.2. The van der Waals surface area contributed by atoms with Crippen LogP contribution in [0.4, 0.5) is 17.6 Å². The molecule has 1 nitrogen and oxygen atoms in total. The van der Waals surface area contributed by atoms with Gasteiger partial charge < -0.3 is 0 Å². The Bertz CT molecular complexity index is 1430. The van der Waals surface area contributed by atoms with E-state index in [1.54, 1.807) is 30.3 Å². The quantitative estimate of drug-likeness (QED) is 0.0874. The van der Waals surface area contributed by atoms with Crippen LogP contribution in [0.1, 0.15) is 22.4 Å². The number of pyridine rings is 1. The van der Waals surface area contributed by atoms with Crippen LogP contribution in [0.2, 0.25) is 0 Å². The molecule has 31 heavy (non-hydrogen) atoms. The summed E-state index contributed by atoms with van der Waals surface area (Å²) in [6.45, 7) is 0.